The molecule has 0 amide bonds. The molecule has 3 heterocycles. The Labute approximate surface area is 138 Å². The van der Waals surface area contributed by atoms with Crippen molar-refractivity contribution in [2.45, 2.75) is 19.1 Å². The number of hydrogen-bond acceptors (Lipinski definition) is 6. The van der Waals surface area contributed by atoms with Gasteiger partial charge in [-0.05, 0) is 23.3 Å². The highest BCUT2D eigenvalue weighted by Gasteiger charge is 2.28. The summed E-state index contributed by atoms with van der Waals surface area (Å²) in [6.07, 6.45) is 2.37. The van der Waals surface area contributed by atoms with Crippen LogP contribution < -0.4 is 10.1 Å². The van der Waals surface area contributed by atoms with Gasteiger partial charge in [-0.2, -0.15) is 5.26 Å². The van der Waals surface area contributed by atoms with Crippen molar-refractivity contribution in [1.29, 1.82) is 5.26 Å². The Morgan fingerprint density at radius 1 is 1.38 bits per heavy atom. The maximum atomic E-state index is 8.97. The van der Waals surface area contributed by atoms with Crippen LogP contribution in [-0.2, 0) is 20.0 Å². The van der Waals surface area contributed by atoms with Crippen LogP contribution >= 0.6 is 0 Å². The second kappa shape index (κ2) is 5.74. The molecule has 2 aromatic heterocycles. The molecule has 0 saturated heterocycles. The first-order chi connectivity index (χ1) is 11.7. The number of fused-ring (bicyclic) bond motifs is 1. The van der Waals surface area contributed by atoms with E-state index in [4.69, 9.17) is 14.4 Å². The van der Waals surface area contributed by atoms with E-state index in [0.29, 0.717) is 24.1 Å². The number of anilines is 1. The molecule has 1 unspecified atom stereocenters. The third kappa shape index (κ3) is 2.58. The van der Waals surface area contributed by atoms with E-state index >= 15 is 0 Å². The molecule has 1 atom stereocenters. The van der Waals surface area contributed by atoms with Crippen LogP contribution in [0.25, 0.3) is 0 Å². The van der Waals surface area contributed by atoms with E-state index in [-0.39, 0.29) is 6.10 Å². The lowest BCUT2D eigenvalue weighted by atomic mass is 10.1. The largest absolute Gasteiger partial charge is 0.480 e. The zero-order valence-corrected chi connectivity index (χ0v) is 13.1. The van der Waals surface area contributed by atoms with Gasteiger partial charge in [-0.3, -0.25) is 0 Å². The topological polar surface area (TPSA) is 88.9 Å². The summed E-state index contributed by atoms with van der Waals surface area (Å²) < 4.78 is 13.3. The number of nitrogens with zero attached hydrogens (tertiary/aromatic N) is 4. The van der Waals surface area contributed by atoms with Crippen molar-refractivity contribution in [1.82, 2.24) is 14.8 Å². The fraction of sp³-hybridized carbons (Fsp3) is 0.235. The van der Waals surface area contributed by atoms with Crippen LogP contribution in [0, 0.1) is 11.3 Å². The van der Waals surface area contributed by atoms with Crippen LogP contribution in [-0.4, -0.2) is 14.8 Å². The van der Waals surface area contributed by atoms with Gasteiger partial charge < -0.3 is 19.0 Å². The Morgan fingerprint density at radius 3 is 3.04 bits per heavy atom. The van der Waals surface area contributed by atoms with E-state index in [9.17, 15) is 0 Å². The highest BCUT2D eigenvalue weighted by Crippen LogP contribution is 2.36. The Bertz CT molecular complexity index is 896. The van der Waals surface area contributed by atoms with Crippen molar-refractivity contribution in [3.63, 3.8) is 0 Å². The molecule has 1 aliphatic rings. The molecular formula is C17H15N5O2. The number of hydrogen-bond donors (Lipinski definition) is 1. The molecule has 7 heteroatoms. The quantitative estimate of drug-likeness (QED) is 0.794. The standard InChI is InChI=1S/C17H15N5O2/c1-22-10-11(6-13(22)8-18)9-19-17-21-20-16(24-17)15-7-12-4-2-3-5-14(12)23-15/h2-6,10,15H,7,9H2,1H3,(H,19,21). The van der Waals surface area contributed by atoms with Gasteiger partial charge in [0.2, 0.25) is 0 Å². The van der Waals surface area contributed by atoms with E-state index < -0.39 is 0 Å². The van der Waals surface area contributed by atoms with Crippen LogP contribution in [0.15, 0.2) is 40.9 Å². The Morgan fingerprint density at radius 2 is 2.25 bits per heavy atom. The third-order valence-corrected chi connectivity index (χ3v) is 3.98. The molecule has 3 aromatic rings. The van der Waals surface area contributed by atoms with Crippen LogP contribution in [0.5, 0.6) is 5.75 Å². The lowest BCUT2D eigenvalue weighted by Crippen LogP contribution is -2.03. The third-order valence-electron chi connectivity index (χ3n) is 3.98. The number of aromatic nitrogens is 3. The second-order valence-electron chi connectivity index (χ2n) is 5.67. The minimum Gasteiger partial charge on any atom is -0.480 e. The van der Waals surface area contributed by atoms with E-state index in [1.807, 2.05) is 43.6 Å². The lowest BCUT2D eigenvalue weighted by Gasteiger charge is -2.04. The summed E-state index contributed by atoms with van der Waals surface area (Å²) in [4.78, 5) is 0. The van der Waals surface area contributed by atoms with Gasteiger partial charge >= 0.3 is 6.01 Å². The number of rotatable bonds is 4. The molecule has 7 nitrogen and oxygen atoms in total. The molecule has 0 bridgehead atoms. The summed E-state index contributed by atoms with van der Waals surface area (Å²) in [6.45, 7) is 0.503. The van der Waals surface area contributed by atoms with E-state index in [0.717, 1.165) is 23.3 Å². The highest BCUT2D eigenvalue weighted by molar-refractivity contribution is 5.38. The highest BCUT2D eigenvalue weighted by atomic mass is 16.5. The molecule has 24 heavy (non-hydrogen) atoms. The average Bonchev–Trinajstić information content (AvgIpc) is 3.30. The fourth-order valence-electron chi connectivity index (χ4n) is 2.77. The van der Waals surface area contributed by atoms with Gasteiger partial charge in [0.1, 0.15) is 17.5 Å². The predicted octanol–water partition coefficient (Wildman–Crippen LogP) is 2.57. The summed E-state index contributed by atoms with van der Waals surface area (Å²) in [5, 5.41) is 20.1. The molecule has 4 rings (SSSR count). The van der Waals surface area contributed by atoms with Crippen LogP contribution in [0.2, 0.25) is 0 Å². The molecule has 1 aromatic carbocycles. The van der Waals surface area contributed by atoms with Gasteiger partial charge in [0.05, 0.1) is 0 Å². The number of aryl methyl sites for hydroxylation is 1. The number of benzene rings is 1. The smallest absolute Gasteiger partial charge is 0.315 e. The first kappa shape index (κ1) is 14.3. The predicted molar refractivity (Wildman–Crippen MR) is 85.3 cm³/mol. The second-order valence-corrected chi connectivity index (χ2v) is 5.67. The molecular weight excluding hydrogens is 306 g/mol. The number of nitriles is 1. The molecule has 0 spiro atoms. The fourth-order valence-corrected chi connectivity index (χ4v) is 2.77. The molecule has 1 N–H and O–H groups in total. The minimum absolute atomic E-state index is 0.243. The van der Waals surface area contributed by atoms with Gasteiger partial charge in [-0.1, -0.05) is 23.3 Å². The van der Waals surface area contributed by atoms with E-state index in [1.54, 1.807) is 4.57 Å². The molecule has 0 radical (unpaired) electrons. The summed E-state index contributed by atoms with van der Waals surface area (Å²) in [5.41, 5.74) is 2.72. The summed E-state index contributed by atoms with van der Waals surface area (Å²) >= 11 is 0. The zero-order chi connectivity index (χ0) is 16.5. The van der Waals surface area contributed by atoms with Crippen molar-refractivity contribution < 1.29 is 9.15 Å². The van der Waals surface area contributed by atoms with Crippen molar-refractivity contribution in [2.24, 2.45) is 7.05 Å². The first-order valence-electron chi connectivity index (χ1n) is 7.60. The summed E-state index contributed by atoms with van der Waals surface area (Å²) in [7, 11) is 1.84. The molecule has 120 valence electrons. The monoisotopic (exact) mass is 321 g/mol. The Kier molecular flexibility index (Phi) is 3.43. The number of nitrogens with one attached hydrogen (secondary N) is 1. The minimum atomic E-state index is -0.243. The van der Waals surface area contributed by atoms with Crippen molar-refractivity contribution in [3.05, 3.63) is 59.2 Å². The van der Waals surface area contributed by atoms with Crippen molar-refractivity contribution in [2.75, 3.05) is 5.32 Å². The number of ether oxygens (including phenoxy) is 1. The van der Waals surface area contributed by atoms with Gasteiger partial charge in [-0.15, -0.1) is 5.10 Å². The van der Waals surface area contributed by atoms with Crippen LogP contribution in [0.4, 0.5) is 6.01 Å². The molecule has 0 saturated carbocycles. The molecule has 1 aliphatic heterocycles. The number of para-hydroxylation sites is 1. The van der Waals surface area contributed by atoms with Crippen molar-refractivity contribution in [3.8, 4) is 11.8 Å². The van der Waals surface area contributed by atoms with Crippen LogP contribution in [0.3, 0.4) is 0 Å². The lowest BCUT2D eigenvalue weighted by molar-refractivity contribution is 0.199. The van der Waals surface area contributed by atoms with E-state index in [1.165, 1.54) is 0 Å². The van der Waals surface area contributed by atoms with E-state index in [2.05, 4.69) is 21.6 Å². The van der Waals surface area contributed by atoms with Gasteiger partial charge in [-0.25, -0.2) is 0 Å². The van der Waals surface area contributed by atoms with Gasteiger partial charge in [0, 0.05) is 26.2 Å². The maximum absolute atomic E-state index is 8.97. The zero-order valence-electron chi connectivity index (χ0n) is 13.1. The SMILES string of the molecule is Cn1cc(CNc2nnc(C3Cc4ccccc4O3)o2)cc1C#N. The Balaban J connectivity index is 1.41. The van der Waals surface area contributed by atoms with Crippen molar-refractivity contribution >= 4 is 6.01 Å². The first-order valence-corrected chi connectivity index (χ1v) is 7.60. The van der Waals surface area contributed by atoms with Crippen LogP contribution in [0.1, 0.15) is 28.8 Å². The molecule has 0 fully saturated rings. The molecule has 0 aliphatic carbocycles. The summed E-state index contributed by atoms with van der Waals surface area (Å²) in [6, 6.07) is 12.2. The summed E-state index contributed by atoms with van der Waals surface area (Å²) in [5.74, 6) is 1.32. The normalized spacial score (nSPS) is 15.6. The Hall–Kier alpha value is -3.27. The average molecular weight is 321 g/mol. The van der Waals surface area contributed by atoms with Gasteiger partial charge in [0.25, 0.3) is 5.89 Å². The van der Waals surface area contributed by atoms with Gasteiger partial charge in [0.15, 0.2) is 6.10 Å². The maximum Gasteiger partial charge on any atom is 0.315 e.